The van der Waals surface area contributed by atoms with E-state index in [0.717, 1.165) is 30.7 Å². The van der Waals surface area contributed by atoms with Gasteiger partial charge in [-0.2, -0.15) is 0 Å². The number of rotatable bonds is 5. The van der Waals surface area contributed by atoms with Crippen LogP contribution in [0.15, 0.2) is 54.6 Å². The predicted molar refractivity (Wildman–Crippen MR) is 103 cm³/mol. The summed E-state index contributed by atoms with van der Waals surface area (Å²) in [6.07, 6.45) is 5.72. The first-order valence-corrected chi connectivity index (χ1v) is 9.72. The number of carbonyl (C=O) groups is 1. The van der Waals surface area contributed by atoms with E-state index in [1.807, 2.05) is 24.3 Å². The maximum absolute atomic E-state index is 13.0. The van der Waals surface area contributed by atoms with Crippen molar-refractivity contribution in [3.05, 3.63) is 65.7 Å². The highest BCUT2D eigenvalue weighted by Gasteiger charge is 2.40. The molecule has 0 aromatic heterocycles. The van der Waals surface area contributed by atoms with Crippen LogP contribution in [0.1, 0.15) is 48.0 Å². The second kappa shape index (κ2) is 7.63. The zero-order valence-electron chi connectivity index (χ0n) is 15.4. The van der Waals surface area contributed by atoms with Gasteiger partial charge >= 0.3 is 0 Å². The number of ketones is 1. The molecule has 0 radical (unpaired) electrons. The molecule has 26 heavy (non-hydrogen) atoms. The highest BCUT2D eigenvalue weighted by molar-refractivity contribution is 5.98. The summed E-state index contributed by atoms with van der Waals surface area (Å²) in [6, 6.07) is 19.4. The van der Waals surface area contributed by atoms with Crippen LogP contribution in [0.3, 0.4) is 0 Å². The lowest BCUT2D eigenvalue weighted by Crippen LogP contribution is -2.52. The first-order valence-electron chi connectivity index (χ1n) is 9.72. The second-order valence-corrected chi connectivity index (χ2v) is 7.66. The van der Waals surface area contributed by atoms with Crippen LogP contribution in [0.5, 0.6) is 5.75 Å². The Kier molecular flexibility index (Phi) is 5.07. The van der Waals surface area contributed by atoms with Crippen LogP contribution in [0.2, 0.25) is 0 Å². The fourth-order valence-corrected chi connectivity index (χ4v) is 4.74. The van der Waals surface area contributed by atoms with Crippen LogP contribution in [-0.4, -0.2) is 29.9 Å². The molecule has 0 amide bonds. The van der Waals surface area contributed by atoms with Crippen LogP contribution in [0.4, 0.5) is 0 Å². The number of fused-ring (bicyclic) bond motifs is 2. The quantitative estimate of drug-likeness (QED) is 0.732. The Morgan fingerprint density at radius 1 is 1.00 bits per heavy atom. The average Bonchev–Trinajstić information content (AvgIpc) is 2.68. The topological polar surface area (TPSA) is 29.5 Å². The minimum atomic E-state index is 0.158. The van der Waals surface area contributed by atoms with E-state index in [9.17, 15) is 4.79 Å². The molecule has 2 unspecified atom stereocenters. The van der Waals surface area contributed by atoms with Crippen LogP contribution in [0, 0.1) is 5.92 Å². The second-order valence-electron chi connectivity index (χ2n) is 7.66. The predicted octanol–water partition coefficient (Wildman–Crippen LogP) is 4.71. The number of hydrogen-bond donors (Lipinski definition) is 0. The summed E-state index contributed by atoms with van der Waals surface area (Å²) in [5, 5.41) is 0. The van der Waals surface area contributed by atoms with Gasteiger partial charge in [0.25, 0.3) is 0 Å². The summed E-state index contributed by atoms with van der Waals surface area (Å²) < 4.78 is 5.21. The van der Waals surface area contributed by atoms with Gasteiger partial charge in [0.1, 0.15) is 5.75 Å². The Morgan fingerprint density at radius 2 is 1.65 bits per heavy atom. The van der Waals surface area contributed by atoms with Crippen molar-refractivity contribution in [3.8, 4) is 5.75 Å². The summed E-state index contributed by atoms with van der Waals surface area (Å²) in [6.45, 7) is 1.01. The van der Waals surface area contributed by atoms with Gasteiger partial charge in [-0.25, -0.2) is 0 Å². The van der Waals surface area contributed by atoms with E-state index in [2.05, 4.69) is 35.2 Å². The lowest BCUT2D eigenvalue weighted by molar-refractivity contribution is 0.00906. The van der Waals surface area contributed by atoms with Crippen LogP contribution < -0.4 is 4.74 Å². The molecular weight excluding hydrogens is 322 g/mol. The Balaban J connectivity index is 1.47. The summed E-state index contributed by atoms with van der Waals surface area (Å²) >= 11 is 0. The molecule has 2 aliphatic heterocycles. The van der Waals surface area contributed by atoms with Crippen molar-refractivity contribution in [2.24, 2.45) is 5.92 Å². The molecule has 2 atom stereocenters. The normalized spacial score (nSPS) is 25.7. The summed E-state index contributed by atoms with van der Waals surface area (Å²) in [5.74, 6) is 1.27. The summed E-state index contributed by atoms with van der Waals surface area (Å²) in [5.41, 5.74) is 2.20. The summed E-state index contributed by atoms with van der Waals surface area (Å²) in [4.78, 5) is 15.7. The third kappa shape index (κ3) is 3.54. The number of nitrogens with zero attached hydrogens (tertiary/aromatic N) is 1. The molecule has 0 saturated carbocycles. The molecule has 2 bridgehead atoms. The largest absolute Gasteiger partial charge is 0.497 e. The maximum atomic E-state index is 13.0. The highest BCUT2D eigenvalue weighted by atomic mass is 16.5. The SMILES string of the molecule is COc1ccc(C(=O)C2CC3CCCC(C2)N3Cc2ccccc2)cc1. The number of ether oxygens (including phenoxy) is 1. The molecule has 2 heterocycles. The molecule has 2 aromatic carbocycles. The number of methoxy groups -OCH3 is 1. The van der Waals surface area contributed by atoms with E-state index in [4.69, 9.17) is 4.74 Å². The van der Waals surface area contributed by atoms with Crippen molar-refractivity contribution in [1.29, 1.82) is 0 Å². The van der Waals surface area contributed by atoms with Crippen molar-refractivity contribution in [3.63, 3.8) is 0 Å². The highest BCUT2D eigenvalue weighted by Crippen LogP contribution is 2.39. The van der Waals surface area contributed by atoms with Crippen LogP contribution in [-0.2, 0) is 6.54 Å². The zero-order valence-corrected chi connectivity index (χ0v) is 15.4. The van der Waals surface area contributed by atoms with Crippen molar-refractivity contribution >= 4 is 5.78 Å². The Hall–Kier alpha value is -2.13. The number of Topliss-reactive ketones (excluding diaryl/α,β-unsaturated/α-hetero) is 1. The zero-order chi connectivity index (χ0) is 17.9. The number of benzene rings is 2. The molecule has 4 rings (SSSR count). The lowest BCUT2D eigenvalue weighted by Gasteiger charge is -2.48. The molecule has 2 aromatic rings. The van der Waals surface area contributed by atoms with Gasteiger partial charge in [0.05, 0.1) is 7.11 Å². The van der Waals surface area contributed by atoms with E-state index in [-0.39, 0.29) is 5.92 Å². The molecular formula is C23H27NO2. The van der Waals surface area contributed by atoms with Crippen molar-refractivity contribution < 1.29 is 9.53 Å². The van der Waals surface area contributed by atoms with Gasteiger partial charge in [0.15, 0.2) is 5.78 Å². The standard InChI is InChI=1S/C23H27NO2/c1-26-22-12-10-18(11-13-22)23(25)19-14-20-8-5-9-21(15-19)24(20)16-17-6-3-2-4-7-17/h2-4,6-7,10-13,19-21H,5,8-9,14-16H2,1H3. The van der Waals surface area contributed by atoms with Crippen LogP contribution in [0.25, 0.3) is 0 Å². The van der Waals surface area contributed by atoms with Gasteiger partial charge in [-0.3, -0.25) is 9.69 Å². The average molecular weight is 349 g/mol. The molecule has 0 spiro atoms. The Bertz CT molecular complexity index is 727. The maximum Gasteiger partial charge on any atom is 0.166 e. The number of carbonyl (C=O) groups excluding carboxylic acids is 1. The van der Waals surface area contributed by atoms with Crippen LogP contribution >= 0.6 is 0 Å². The van der Waals surface area contributed by atoms with Gasteiger partial charge < -0.3 is 4.74 Å². The molecule has 0 aliphatic carbocycles. The van der Waals surface area contributed by atoms with Gasteiger partial charge in [-0.1, -0.05) is 36.8 Å². The Labute approximate surface area is 156 Å². The van der Waals surface area contributed by atoms with E-state index < -0.39 is 0 Å². The minimum Gasteiger partial charge on any atom is -0.497 e. The van der Waals surface area contributed by atoms with Crippen molar-refractivity contribution in [2.45, 2.75) is 50.7 Å². The lowest BCUT2D eigenvalue weighted by atomic mass is 9.75. The van der Waals surface area contributed by atoms with Gasteiger partial charge in [-0.05, 0) is 55.5 Å². The van der Waals surface area contributed by atoms with E-state index in [1.165, 1.54) is 24.8 Å². The minimum absolute atomic E-state index is 0.158. The third-order valence-corrected chi connectivity index (χ3v) is 6.08. The smallest absolute Gasteiger partial charge is 0.166 e. The fraction of sp³-hybridized carbons (Fsp3) is 0.435. The molecule has 0 N–H and O–H groups in total. The fourth-order valence-electron chi connectivity index (χ4n) is 4.74. The Morgan fingerprint density at radius 3 is 2.27 bits per heavy atom. The number of hydrogen-bond acceptors (Lipinski definition) is 3. The monoisotopic (exact) mass is 349 g/mol. The first-order chi connectivity index (χ1) is 12.7. The van der Waals surface area contributed by atoms with Gasteiger partial charge in [0, 0.05) is 30.1 Å². The molecule has 3 heteroatoms. The third-order valence-electron chi connectivity index (χ3n) is 6.08. The first kappa shape index (κ1) is 17.3. The molecule has 2 saturated heterocycles. The molecule has 136 valence electrons. The van der Waals surface area contributed by atoms with E-state index in [1.54, 1.807) is 7.11 Å². The van der Waals surface area contributed by atoms with E-state index >= 15 is 0 Å². The number of piperidine rings is 2. The van der Waals surface area contributed by atoms with E-state index in [0.29, 0.717) is 17.9 Å². The van der Waals surface area contributed by atoms with Gasteiger partial charge in [0.2, 0.25) is 0 Å². The van der Waals surface area contributed by atoms with Crippen molar-refractivity contribution in [1.82, 2.24) is 4.90 Å². The molecule has 2 fully saturated rings. The summed E-state index contributed by atoms with van der Waals surface area (Å²) in [7, 11) is 1.65. The molecule has 3 nitrogen and oxygen atoms in total. The van der Waals surface area contributed by atoms with Crippen molar-refractivity contribution in [2.75, 3.05) is 7.11 Å². The molecule has 2 aliphatic rings. The van der Waals surface area contributed by atoms with Gasteiger partial charge in [-0.15, -0.1) is 0 Å².